The summed E-state index contributed by atoms with van der Waals surface area (Å²) < 4.78 is 5.53. The minimum absolute atomic E-state index is 0.452. The number of piperidine rings is 1. The lowest BCUT2D eigenvalue weighted by atomic mass is 9.85. The third-order valence-corrected chi connectivity index (χ3v) is 5.11. The third kappa shape index (κ3) is 2.93. The molecule has 2 aliphatic rings. The average molecular weight is 297 g/mol. The molecule has 1 aromatic heterocycles. The molecule has 0 bridgehead atoms. The summed E-state index contributed by atoms with van der Waals surface area (Å²) in [6.07, 6.45) is 6.02. The number of likely N-dealkylation sites (tertiary alicyclic amines) is 1. The second-order valence-corrected chi connectivity index (χ2v) is 6.65. The lowest BCUT2D eigenvalue weighted by Gasteiger charge is -2.30. The molecule has 0 unspecified atom stereocenters. The van der Waals surface area contributed by atoms with Crippen LogP contribution in [0, 0.1) is 0 Å². The normalized spacial score (nSPS) is 20.9. The van der Waals surface area contributed by atoms with Crippen molar-refractivity contribution in [2.45, 2.75) is 50.5 Å². The molecule has 116 valence electrons. The molecule has 2 aromatic rings. The summed E-state index contributed by atoms with van der Waals surface area (Å²) in [5, 5.41) is 4.20. The molecule has 4 nitrogen and oxygen atoms in total. The number of hydrogen-bond acceptors (Lipinski definition) is 4. The van der Waals surface area contributed by atoms with Crippen LogP contribution in [-0.2, 0) is 6.54 Å². The molecule has 1 aromatic carbocycles. The van der Waals surface area contributed by atoms with Crippen molar-refractivity contribution in [1.82, 2.24) is 15.0 Å². The molecule has 0 amide bonds. The van der Waals surface area contributed by atoms with Crippen LogP contribution in [-0.4, -0.2) is 28.1 Å². The van der Waals surface area contributed by atoms with Gasteiger partial charge in [0.05, 0.1) is 0 Å². The molecule has 2 heterocycles. The highest BCUT2D eigenvalue weighted by Crippen LogP contribution is 2.36. The SMILES string of the molecule is c1ccc(CN2CCC(c3nc(C4CCC4)no3)CC2)cc1. The zero-order valence-electron chi connectivity index (χ0n) is 12.9. The molecule has 1 aliphatic carbocycles. The molecule has 2 fully saturated rings. The van der Waals surface area contributed by atoms with Crippen LogP contribution in [0.5, 0.6) is 0 Å². The van der Waals surface area contributed by atoms with Gasteiger partial charge in [-0.05, 0) is 44.3 Å². The van der Waals surface area contributed by atoms with Gasteiger partial charge in [-0.3, -0.25) is 4.90 Å². The van der Waals surface area contributed by atoms with Crippen molar-refractivity contribution in [3.05, 3.63) is 47.6 Å². The van der Waals surface area contributed by atoms with Crippen LogP contribution in [0.3, 0.4) is 0 Å². The first-order valence-electron chi connectivity index (χ1n) is 8.48. The highest BCUT2D eigenvalue weighted by molar-refractivity contribution is 5.14. The Hall–Kier alpha value is -1.68. The molecule has 4 rings (SSSR count). The van der Waals surface area contributed by atoms with Gasteiger partial charge in [0.1, 0.15) is 0 Å². The highest BCUT2D eigenvalue weighted by Gasteiger charge is 2.29. The maximum absolute atomic E-state index is 5.53. The second-order valence-electron chi connectivity index (χ2n) is 6.65. The van der Waals surface area contributed by atoms with Crippen LogP contribution in [0.2, 0.25) is 0 Å². The van der Waals surface area contributed by atoms with Gasteiger partial charge in [-0.1, -0.05) is 41.9 Å². The Labute approximate surface area is 131 Å². The lowest BCUT2D eigenvalue weighted by molar-refractivity contribution is 0.187. The van der Waals surface area contributed by atoms with E-state index in [0.717, 1.165) is 44.2 Å². The summed E-state index contributed by atoms with van der Waals surface area (Å²) in [5.74, 6) is 2.85. The Bertz CT molecular complexity index is 598. The molecule has 1 saturated heterocycles. The Morgan fingerprint density at radius 2 is 1.77 bits per heavy atom. The fourth-order valence-corrected chi connectivity index (χ4v) is 3.42. The van der Waals surface area contributed by atoms with Crippen LogP contribution in [0.25, 0.3) is 0 Å². The topological polar surface area (TPSA) is 42.2 Å². The molecular formula is C18H23N3O. The van der Waals surface area contributed by atoms with Crippen molar-refractivity contribution in [3.8, 4) is 0 Å². The Balaban J connectivity index is 1.32. The van der Waals surface area contributed by atoms with Gasteiger partial charge in [-0.25, -0.2) is 0 Å². The van der Waals surface area contributed by atoms with E-state index in [1.165, 1.54) is 24.8 Å². The van der Waals surface area contributed by atoms with Crippen molar-refractivity contribution >= 4 is 0 Å². The van der Waals surface area contributed by atoms with E-state index in [1.54, 1.807) is 0 Å². The van der Waals surface area contributed by atoms with Gasteiger partial charge in [-0.15, -0.1) is 0 Å². The predicted molar refractivity (Wildman–Crippen MR) is 84.6 cm³/mol. The molecule has 4 heteroatoms. The first-order chi connectivity index (χ1) is 10.9. The van der Waals surface area contributed by atoms with E-state index in [-0.39, 0.29) is 0 Å². The highest BCUT2D eigenvalue weighted by atomic mass is 16.5. The minimum Gasteiger partial charge on any atom is -0.339 e. The zero-order chi connectivity index (χ0) is 14.8. The fourth-order valence-electron chi connectivity index (χ4n) is 3.42. The van der Waals surface area contributed by atoms with Gasteiger partial charge >= 0.3 is 0 Å². The minimum atomic E-state index is 0.452. The van der Waals surface area contributed by atoms with E-state index >= 15 is 0 Å². The Kier molecular flexibility index (Phi) is 3.94. The zero-order valence-corrected chi connectivity index (χ0v) is 12.9. The van der Waals surface area contributed by atoms with Gasteiger partial charge < -0.3 is 4.52 Å². The van der Waals surface area contributed by atoms with Crippen LogP contribution in [0.4, 0.5) is 0 Å². The van der Waals surface area contributed by atoms with Gasteiger partial charge in [-0.2, -0.15) is 4.98 Å². The number of rotatable bonds is 4. The van der Waals surface area contributed by atoms with E-state index in [4.69, 9.17) is 4.52 Å². The van der Waals surface area contributed by atoms with E-state index in [0.29, 0.717) is 11.8 Å². The maximum Gasteiger partial charge on any atom is 0.229 e. The van der Waals surface area contributed by atoms with Crippen LogP contribution >= 0.6 is 0 Å². The van der Waals surface area contributed by atoms with Crippen molar-refractivity contribution in [3.63, 3.8) is 0 Å². The monoisotopic (exact) mass is 297 g/mol. The Morgan fingerprint density at radius 3 is 2.45 bits per heavy atom. The first kappa shape index (κ1) is 13.9. The molecule has 0 N–H and O–H groups in total. The molecule has 0 atom stereocenters. The fraction of sp³-hybridized carbons (Fsp3) is 0.556. The summed E-state index contributed by atoms with van der Waals surface area (Å²) in [6, 6.07) is 10.7. The largest absolute Gasteiger partial charge is 0.339 e. The number of hydrogen-bond donors (Lipinski definition) is 0. The summed E-state index contributed by atoms with van der Waals surface area (Å²) in [5.41, 5.74) is 1.39. The summed E-state index contributed by atoms with van der Waals surface area (Å²) in [6.45, 7) is 3.27. The summed E-state index contributed by atoms with van der Waals surface area (Å²) >= 11 is 0. The Morgan fingerprint density at radius 1 is 1.00 bits per heavy atom. The van der Waals surface area contributed by atoms with E-state index < -0.39 is 0 Å². The molecule has 0 spiro atoms. The standard InChI is InChI=1S/C18H23N3O/c1-2-5-14(6-3-1)13-21-11-9-16(10-12-21)18-19-17(20-22-18)15-7-4-8-15/h1-3,5-6,15-16H,4,7-13H2. The quantitative estimate of drug-likeness (QED) is 0.862. The lowest BCUT2D eigenvalue weighted by Crippen LogP contribution is -2.32. The number of nitrogens with zero attached hydrogens (tertiary/aromatic N) is 3. The van der Waals surface area contributed by atoms with Crippen LogP contribution in [0.15, 0.2) is 34.9 Å². The first-order valence-corrected chi connectivity index (χ1v) is 8.48. The van der Waals surface area contributed by atoms with Crippen molar-refractivity contribution in [2.24, 2.45) is 0 Å². The van der Waals surface area contributed by atoms with E-state index in [1.807, 2.05) is 0 Å². The van der Waals surface area contributed by atoms with Crippen molar-refractivity contribution in [2.75, 3.05) is 13.1 Å². The van der Waals surface area contributed by atoms with Gasteiger partial charge in [0.25, 0.3) is 0 Å². The molecule has 0 radical (unpaired) electrons. The summed E-state index contributed by atoms with van der Waals surface area (Å²) in [4.78, 5) is 7.19. The third-order valence-electron chi connectivity index (χ3n) is 5.11. The average Bonchev–Trinajstić information content (AvgIpc) is 2.97. The van der Waals surface area contributed by atoms with E-state index in [9.17, 15) is 0 Å². The van der Waals surface area contributed by atoms with Crippen molar-refractivity contribution < 1.29 is 4.52 Å². The summed E-state index contributed by atoms with van der Waals surface area (Å²) in [7, 11) is 0. The number of benzene rings is 1. The maximum atomic E-state index is 5.53. The second kappa shape index (κ2) is 6.21. The molecule has 1 saturated carbocycles. The predicted octanol–water partition coefficient (Wildman–Crippen LogP) is 3.72. The van der Waals surface area contributed by atoms with Gasteiger partial charge in [0.2, 0.25) is 5.89 Å². The molecule has 22 heavy (non-hydrogen) atoms. The van der Waals surface area contributed by atoms with Gasteiger partial charge in [0, 0.05) is 18.4 Å². The van der Waals surface area contributed by atoms with Crippen LogP contribution < -0.4 is 0 Å². The molecule has 1 aliphatic heterocycles. The number of aromatic nitrogens is 2. The smallest absolute Gasteiger partial charge is 0.229 e. The van der Waals surface area contributed by atoms with E-state index in [2.05, 4.69) is 45.4 Å². The molecular weight excluding hydrogens is 274 g/mol. The van der Waals surface area contributed by atoms with Gasteiger partial charge in [0.15, 0.2) is 5.82 Å². The van der Waals surface area contributed by atoms with Crippen LogP contribution in [0.1, 0.15) is 61.2 Å². The van der Waals surface area contributed by atoms with Crippen molar-refractivity contribution in [1.29, 1.82) is 0 Å².